The Morgan fingerprint density at radius 1 is 1.05 bits per heavy atom. The van der Waals surface area contributed by atoms with Crippen LogP contribution in [0.1, 0.15) is 27.7 Å². The zero-order valence-electron chi connectivity index (χ0n) is 12.5. The van der Waals surface area contributed by atoms with Gasteiger partial charge in [-0.1, -0.05) is 0 Å². The van der Waals surface area contributed by atoms with Crippen LogP contribution < -0.4 is 19.7 Å². The monoisotopic (exact) mass is 278 g/mol. The van der Waals surface area contributed by atoms with Crippen molar-refractivity contribution in [3.63, 3.8) is 0 Å². The molecule has 0 bridgehead atoms. The van der Waals surface area contributed by atoms with Crippen molar-refractivity contribution in [2.75, 3.05) is 13.9 Å². The molecule has 6 heteroatoms. The van der Waals surface area contributed by atoms with Crippen molar-refractivity contribution in [2.24, 2.45) is 0 Å². The van der Waals surface area contributed by atoms with Crippen molar-refractivity contribution in [2.45, 2.75) is 38.9 Å². The molecule has 2 aliphatic heterocycles. The van der Waals surface area contributed by atoms with Crippen molar-refractivity contribution in [1.82, 2.24) is 0 Å². The SMILES string of the molecule is COc1cc(B2OC(C)(C)C(C)(C)O2)cc2c1OCO2. The largest absolute Gasteiger partial charge is 0.495 e. The highest BCUT2D eigenvalue weighted by atomic mass is 16.7. The van der Waals surface area contributed by atoms with Crippen LogP contribution >= 0.6 is 0 Å². The minimum absolute atomic E-state index is 0.207. The van der Waals surface area contributed by atoms with E-state index >= 15 is 0 Å². The number of benzene rings is 1. The van der Waals surface area contributed by atoms with Crippen molar-refractivity contribution >= 4 is 12.6 Å². The number of fused-ring (bicyclic) bond motifs is 1. The van der Waals surface area contributed by atoms with E-state index in [0.717, 1.165) is 5.46 Å². The quantitative estimate of drug-likeness (QED) is 0.771. The third-order valence-corrected chi connectivity index (χ3v) is 4.21. The smallest absolute Gasteiger partial charge is 0.493 e. The van der Waals surface area contributed by atoms with Gasteiger partial charge in [0.1, 0.15) is 0 Å². The van der Waals surface area contributed by atoms with Crippen LogP contribution in [0.2, 0.25) is 0 Å². The lowest BCUT2D eigenvalue weighted by molar-refractivity contribution is 0.00578. The Hall–Kier alpha value is -1.40. The van der Waals surface area contributed by atoms with E-state index in [9.17, 15) is 0 Å². The summed E-state index contributed by atoms with van der Waals surface area (Å²) in [6.07, 6.45) is 0. The van der Waals surface area contributed by atoms with Gasteiger partial charge in [-0.2, -0.15) is 0 Å². The molecule has 1 aromatic rings. The zero-order chi connectivity index (χ0) is 14.5. The Bertz CT molecular complexity index is 525. The Balaban J connectivity index is 1.97. The molecule has 2 heterocycles. The minimum Gasteiger partial charge on any atom is -0.493 e. The molecular weight excluding hydrogens is 259 g/mol. The summed E-state index contributed by atoms with van der Waals surface area (Å²) in [6.45, 7) is 8.31. The maximum atomic E-state index is 6.04. The number of hydrogen-bond acceptors (Lipinski definition) is 5. The normalized spacial score (nSPS) is 22.1. The van der Waals surface area contributed by atoms with Crippen LogP contribution in [-0.2, 0) is 9.31 Å². The van der Waals surface area contributed by atoms with Crippen molar-refractivity contribution in [3.8, 4) is 17.2 Å². The second kappa shape index (κ2) is 4.30. The number of methoxy groups -OCH3 is 1. The lowest BCUT2D eigenvalue weighted by Gasteiger charge is -2.32. The molecular formula is C14H19BO5. The highest BCUT2D eigenvalue weighted by Gasteiger charge is 2.52. The molecule has 0 N–H and O–H groups in total. The molecule has 0 aliphatic carbocycles. The van der Waals surface area contributed by atoms with Crippen LogP contribution in [0.3, 0.4) is 0 Å². The van der Waals surface area contributed by atoms with Gasteiger partial charge in [0.25, 0.3) is 0 Å². The predicted octanol–water partition coefficient (Wildman–Crippen LogP) is 1.72. The summed E-state index contributed by atoms with van der Waals surface area (Å²) in [5.41, 5.74) is 0.118. The van der Waals surface area contributed by atoms with Crippen molar-refractivity contribution < 1.29 is 23.5 Å². The van der Waals surface area contributed by atoms with E-state index in [2.05, 4.69) is 0 Å². The number of hydrogen-bond donors (Lipinski definition) is 0. The maximum Gasteiger partial charge on any atom is 0.495 e. The first-order valence-corrected chi connectivity index (χ1v) is 6.67. The molecule has 108 valence electrons. The maximum absolute atomic E-state index is 6.04. The fourth-order valence-electron chi connectivity index (χ4n) is 2.27. The highest BCUT2D eigenvalue weighted by molar-refractivity contribution is 6.62. The first kappa shape index (κ1) is 13.6. The second-order valence-corrected chi connectivity index (χ2v) is 6.05. The first-order chi connectivity index (χ1) is 9.34. The first-order valence-electron chi connectivity index (χ1n) is 6.67. The highest BCUT2D eigenvalue weighted by Crippen LogP contribution is 2.41. The van der Waals surface area contributed by atoms with Crippen LogP contribution in [0, 0.1) is 0 Å². The van der Waals surface area contributed by atoms with Gasteiger partial charge in [-0.15, -0.1) is 0 Å². The molecule has 1 fully saturated rings. The average Bonchev–Trinajstić information content (AvgIpc) is 2.91. The topological polar surface area (TPSA) is 46.2 Å². The molecule has 1 aromatic carbocycles. The van der Waals surface area contributed by atoms with Crippen LogP contribution in [-0.4, -0.2) is 32.2 Å². The Kier molecular flexibility index (Phi) is 2.92. The number of rotatable bonds is 2. The summed E-state index contributed by atoms with van der Waals surface area (Å²) in [4.78, 5) is 0. The van der Waals surface area contributed by atoms with Crippen molar-refractivity contribution in [3.05, 3.63) is 12.1 Å². The fraction of sp³-hybridized carbons (Fsp3) is 0.571. The van der Waals surface area contributed by atoms with Gasteiger partial charge in [-0.3, -0.25) is 0 Å². The second-order valence-electron chi connectivity index (χ2n) is 6.05. The molecule has 3 rings (SSSR count). The van der Waals surface area contributed by atoms with Crippen LogP contribution in [0.5, 0.6) is 17.2 Å². The molecule has 0 unspecified atom stereocenters. The summed E-state index contributed by atoms with van der Waals surface area (Å²) in [5, 5.41) is 0. The van der Waals surface area contributed by atoms with Gasteiger partial charge in [-0.25, -0.2) is 0 Å². The van der Waals surface area contributed by atoms with Gasteiger partial charge in [-0.05, 0) is 45.3 Å². The molecule has 0 radical (unpaired) electrons. The van der Waals surface area contributed by atoms with Gasteiger partial charge in [0.05, 0.1) is 18.3 Å². The van der Waals surface area contributed by atoms with Crippen LogP contribution in [0.25, 0.3) is 0 Å². The van der Waals surface area contributed by atoms with Gasteiger partial charge in [0, 0.05) is 0 Å². The van der Waals surface area contributed by atoms with Crippen LogP contribution in [0.4, 0.5) is 0 Å². The van der Waals surface area contributed by atoms with E-state index in [1.165, 1.54) is 0 Å². The fourth-order valence-corrected chi connectivity index (χ4v) is 2.27. The lowest BCUT2D eigenvalue weighted by atomic mass is 9.79. The van der Waals surface area contributed by atoms with Gasteiger partial charge >= 0.3 is 7.12 Å². The Morgan fingerprint density at radius 2 is 1.70 bits per heavy atom. The molecule has 0 amide bonds. The molecule has 0 saturated carbocycles. The summed E-state index contributed by atoms with van der Waals surface area (Å²) >= 11 is 0. The molecule has 1 saturated heterocycles. The molecule has 20 heavy (non-hydrogen) atoms. The van der Waals surface area contributed by atoms with Crippen molar-refractivity contribution in [1.29, 1.82) is 0 Å². The Labute approximate surface area is 119 Å². The molecule has 5 nitrogen and oxygen atoms in total. The Morgan fingerprint density at radius 3 is 2.30 bits per heavy atom. The van der Waals surface area contributed by atoms with Gasteiger partial charge in [0.2, 0.25) is 12.5 Å². The average molecular weight is 278 g/mol. The summed E-state index contributed by atoms with van der Waals surface area (Å²) in [7, 11) is 1.16. The number of ether oxygens (including phenoxy) is 3. The van der Waals surface area contributed by atoms with Crippen LogP contribution in [0.15, 0.2) is 12.1 Å². The third-order valence-electron chi connectivity index (χ3n) is 4.21. The van der Waals surface area contributed by atoms with E-state index in [1.807, 2.05) is 39.8 Å². The zero-order valence-corrected chi connectivity index (χ0v) is 12.5. The molecule has 2 aliphatic rings. The predicted molar refractivity (Wildman–Crippen MR) is 74.8 cm³/mol. The van der Waals surface area contributed by atoms with E-state index < -0.39 is 7.12 Å². The summed E-state index contributed by atoms with van der Waals surface area (Å²) in [6, 6.07) is 3.75. The summed E-state index contributed by atoms with van der Waals surface area (Å²) in [5.74, 6) is 1.92. The van der Waals surface area contributed by atoms with E-state index in [1.54, 1.807) is 7.11 Å². The third kappa shape index (κ3) is 1.94. The molecule has 0 aromatic heterocycles. The van der Waals surface area contributed by atoms with E-state index in [0.29, 0.717) is 17.2 Å². The van der Waals surface area contributed by atoms with Gasteiger partial charge < -0.3 is 23.5 Å². The van der Waals surface area contributed by atoms with E-state index in [-0.39, 0.29) is 18.0 Å². The van der Waals surface area contributed by atoms with E-state index in [4.69, 9.17) is 23.5 Å². The summed E-state index contributed by atoms with van der Waals surface area (Å²) < 4.78 is 28.2. The lowest BCUT2D eigenvalue weighted by Crippen LogP contribution is -2.41. The standard InChI is InChI=1S/C14H19BO5/c1-13(2)14(3,4)20-15(19-13)9-6-10(16-5)12-11(7-9)17-8-18-12/h6-7H,8H2,1-5H3. The molecule has 0 spiro atoms. The minimum atomic E-state index is -0.441. The van der Waals surface area contributed by atoms with Gasteiger partial charge in [0.15, 0.2) is 11.5 Å². The molecule has 0 atom stereocenters.